The van der Waals surface area contributed by atoms with E-state index in [1.54, 1.807) is 0 Å². The highest BCUT2D eigenvalue weighted by molar-refractivity contribution is 5.94. The van der Waals surface area contributed by atoms with E-state index in [1.807, 2.05) is 0 Å². The minimum atomic E-state index is -1.13. The fourth-order valence-corrected chi connectivity index (χ4v) is 1.82. The van der Waals surface area contributed by atoms with Crippen molar-refractivity contribution in [1.82, 2.24) is 10.6 Å². The van der Waals surface area contributed by atoms with Crippen molar-refractivity contribution < 1.29 is 23.9 Å². The zero-order chi connectivity index (χ0) is 17.2. The van der Waals surface area contributed by atoms with Crippen LogP contribution in [-0.4, -0.2) is 42.0 Å². The first-order valence-corrected chi connectivity index (χ1v) is 7.19. The number of halogens is 1. The molecule has 1 aromatic rings. The van der Waals surface area contributed by atoms with Gasteiger partial charge < -0.3 is 21.5 Å². The maximum absolute atomic E-state index is 12.7. The molecule has 7 nitrogen and oxygen atoms in total. The summed E-state index contributed by atoms with van der Waals surface area (Å²) in [5, 5.41) is 13.3. The van der Waals surface area contributed by atoms with Gasteiger partial charge in [0, 0.05) is 12.1 Å². The fraction of sp³-hybridized carbons (Fsp3) is 0.400. The largest absolute Gasteiger partial charge is 0.480 e. The smallest absolute Gasteiger partial charge is 0.322 e. The van der Waals surface area contributed by atoms with Crippen LogP contribution in [0, 0.1) is 5.82 Å². The first kappa shape index (κ1) is 18.6. The summed E-state index contributed by atoms with van der Waals surface area (Å²) in [6, 6.07) is 4.44. The van der Waals surface area contributed by atoms with Gasteiger partial charge in [0.1, 0.15) is 12.4 Å². The average molecular weight is 325 g/mol. The molecule has 0 aliphatic rings. The van der Waals surface area contributed by atoms with Crippen LogP contribution in [0.4, 0.5) is 4.39 Å². The maximum atomic E-state index is 12.7. The van der Waals surface area contributed by atoms with Crippen LogP contribution in [0.15, 0.2) is 24.3 Å². The number of carboxylic acid groups (broad SMARTS) is 1. The molecule has 0 aliphatic heterocycles. The van der Waals surface area contributed by atoms with Gasteiger partial charge in [0.15, 0.2) is 0 Å². The van der Waals surface area contributed by atoms with Crippen molar-refractivity contribution >= 4 is 17.8 Å². The highest BCUT2D eigenvalue weighted by Crippen LogP contribution is 2.03. The molecule has 1 rings (SSSR count). The maximum Gasteiger partial charge on any atom is 0.322 e. The zero-order valence-electron chi connectivity index (χ0n) is 12.5. The number of carbonyl (C=O) groups excluding carboxylic acids is 2. The van der Waals surface area contributed by atoms with Crippen molar-refractivity contribution in [2.75, 3.05) is 13.1 Å². The lowest BCUT2D eigenvalue weighted by Gasteiger charge is -2.11. The summed E-state index contributed by atoms with van der Waals surface area (Å²) < 4.78 is 12.7. The number of nitrogens with one attached hydrogen (secondary N) is 2. The van der Waals surface area contributed by atoms with E-state index in [4.69, 9.17) is 10.8 Å². The second kappa shape index (κ2) is 9.52. The lowest BCUT2D eigenvalue weighted by atomic mass is 10.1. The van der Waals surface area contributed by atoms with E-state index in [9.17, 15) is 18.8 Å². The van der Waals surface area contributed by atoms with Crippen molar-refractivity contribution in [1.29, 1.82) is 0 Å². The fourth-order valence-electron chi connectivity index (χ4n) is 1.82. The SMILES string of the molecule is NC(CCCCNC(=O)c1ccc(F)cc1)C(=O)NCC(=O)O. The Morgan fingerprint density at radius 1 is 1.13 bits per heavy atom. The number of carbonyl (C=O) groups is 3. The first-order chi connectivity index (χ1) is 10.9. The lowest BCUT2D eigenvalue weighted by Crippen LogP contribution is -2.42. The van der Waals surface area contributed by atoms with Crippen molar-refractivity contribution in [2.24, 2.45) is 5.73 Å². The quantitative estimate of drug-likeness (QED) is 0.485. The third-order valence-electron chi connectivity index (χ3n) is 3.08. The van der Waals surface area contributed by atoms with E-state index < -0.39 is 30.3 Å². The molecule has 0 radical (unpaired) electrons. The molecular formula is C15H20FN3O4. The third-order valence-corrected chi connectivity index (χ3v) is 3.08. The highest BCUT2D eigenvalue weighted by atomic mass is 19.1. The van der Waals surface area contributed by atoms with E-state index in [0.717, 1.165) is 0 Å². The van der Waals surface area contributed by atoms with Gasteiger partial charge in [0.25, 0.3) is 5.91 Å². The molecule has 1 atom stereocenters. The first-order valence-electron chi connectivity index (χ1n) is 7.19. The van der Waals surface area contributed by atoms with Crippen LogP contribution in [0.25, 0.3) is 0 Å². The summed E-state index contributed by atoms with van der Waals surface area (Å²) in [5.74, 6) is -2.35. The molecule has 126 valence electrons. The van der Waals surface area contributed by atoms with Gasteiger partial charge in [-0.05, 0) is 43.5 Å². The molecule has 0 spiro atoms. The third kappa shape index (κ3) is 7.37. The summed E-state index contributed by atoms with van der Waals surface area (Å²) in [7, 11) is 0. The Morgan fingerprint density at radius 3 is 2.39 bits per heavy atom. The second-order valence-electron chi connectivity index (χ2n) is 4.98. The van der Waals surface area contributed by atoms with Gasteiger partial charge in [-0.25, -0.2) is 4.39 Å². The number of hydrogen-bond acceptors (Lipinski definition) is 4. The van der Waals surface area contributed by atoms with Gasteiger partial charge in [-0.1, -0.05) is 0 Å². The Balaban J connectivity index is 2.17. The van der Waals surface area contributed by atoms with Crippen LogP contribution in [-0.2, 0) is 9.59 Å². The topological polar surface area (TPSA) is 122 Å². The number of nitrogens with two attached hydrogens (primary N) is 1. The summed E-state index contributed by atoms with van der Waals surface area (Å²) >= 11 is 0. The van der Waals surface area contributed by atoms with Gasteiger partial charge in [0.2, 0.25) is 5.91 Å². The predicted molar refractivity (Wildman–Crippen MR) is 81.2 cm³/mol. The van der Waals surface area contributed by atoms with E-state index in [1.165, 1.54) is 24.3 Å². The number of benzene rings is 1. The number of carboxylic acids is 1. The number of aliphatic carboxylic acids is 1. The standard InChI is InChI=1S/C15H20FN3O4/c16-11-6-4-10(5-7-11)14(22)18-8-2-1-3-12(17)15(23)19-9-13(20)21/h4-7,12H,1-3,8-9,17H2,(H,18,22)(H,19,23)(H,20,21). The van der Waals surface area contributed by atoms with Crippen molar-refractivity contribution in [2.45, 2.75) is 25.3 Å². The van der Waals surface area contributed by atoms with Crippen molar-refractivity contribution in [3.63, 3.8) is 0 Å². The summed E-state index contributed by atoms with van der Waals surface area (Å²) in [4.78, 5) is 33.5. The monoisotopic (exact) mass is 325 g/mol. The number of unbranched alkanes of at least 4 members (excludes halogenated alkanes) is 1. The molecule has 5 N–H and O–H groups in total. The van der Waals surface area contributed by atoms with E-state index in [2.05, 4.69) is 10.6 Å². The number of hydrogen-bond donors (Lipinski definition) is 4. The minimum absolute atomic E-state index is 0.298. The molecule has 23 heavy (non-hydrogen) atoms. The van der Waals surface area contributed by atoms with Gasteiger partial charge >= 0.3 is 5.97 Å². The molecule has 1 aromatic carbocycles. The zero-order valence-corrected chi connectivity index (χ0v) is 12.5. The molecule has 0 heterocycles. The number of rotatable bonds is 9. The molecule has 2 amide bonds. The van der Waals surface area contributed by atoms with Gasteiger partial charge in [-0.3, -0.25) is 14.4 Å². The Bertz CT molecular complexity index is 548. The van der Waals surface area contributed by atoms with Crippen LogP contribution in [0.3, 0.4) is 0 Å². The van der Waals surface area contributed by atoms with Gasteiger partial charge in [0.05, 0.1) is 6.04 Å². The molecule has 0 aromatic heterocycles. The van der Waals surface area contributed by atoms with Crippen LogP contribution >= 0.6 is 0 Å². The van der Waals surface area contributed by atoms with E-state index >= 15 is 0 Å². The predicted octanol–water partition coefficient (Wildman–Crippen LogP) is 0.254. The Morgan fingerprint density at radius 2 is 1.78 bits per heavy atom. The summed E-state index contributed by atoms with van der Waals surface area (Å²) in [6.45, 7) is -0.0556. The van der Waals surface area contributed by atoms with Crippen LogP contribution in [0.1, 0.15) is 29.6 Å². The van der Waals surface area contributed by atoms with Crippen LogP contribution in [0.5, 0.6) is 0 Å². The van der Waals surface area contributed by atoms with Crippen LogP contribution in [0.2, 0.25) is 0 Å². The summed E-state index contributed by atoms with van der Waals surface area (Å²) in [6.07, 6.45) is 1.61. The van der Waals surface area contributed by atoms with E-state index in [-0.39, 0.29) is 5.91 Å². The lowest BCUT2D eigenvalue weighted by molar-refractivity contribution is -0.138. The summed E-state index contributed by atoms with van der Waals surface area (Å²) in [5.41, 5.74) is 5.99. The minimum Gasteiger partial charge on any atom is -0.480 e. The Labute approximate surface area is 133 Å². The van der Waals surface area contributed by atoms with E-state index in [0.29, 0.717) is 31.4 Å². The average Bonchev–Trinajstić information content (AvgIpc) is 2.52. The molecule has 0 saturated carbocycles. The van der Waals surface area contributed by atoms with Gasteiger partial charge in [-0.15, -0.1) is 0 Å². The van der Waals surface area contributed by atoms with Crippen molar-refractivity contribution in [3.8, 4) is 0 Å². The highest BCUT2D eigenvalue weighted by Gasteiger charge is 2.13. The molecule has 0 fully saturated rings. The van der Waals surface area contributed by atoms with Gasteiger partial charge in [-0.2, -0.15) is 0 Å². The second-order valence-corrected chi connectivity index (χ2v) is 4.98. The molecule has 1 unspecified atom stereocenters. The molecule has 0 aliphatic carbocycles. The normalized spacial score (nSPS) is 11.6. The molecule has 0 saturated heterocycles. The Kier molecular flexibility index (Phi) is 7.69. The van der Waals surface area contributed by atoms with Crippen molar-refractivity contribution in [3.05, 3.63) is 35.6 Å². The van der Waals surface area contributed by atoms with Crippen LogP contribution < -0.4 is 16.4 Å². The molecule has 0 bridgehead atoms. The Hall–Kier alpha value is -2.48. The number of amides is 2. The molecule has 8 heteroatoms. The molecular weight excluding hydrogens is 305 g/mol.